The number of nitrogens with zero attached hydrogens (tertiary/aromatic N) is 3. The van der Waals surface area contributed by atoms with Crippen molar-refractivity contribution in [2.24, 2.45) is 5.92 Å². The normalized spacial score (nSPS) is 23.9. The Balaban J connectivity index is 1.86. The number of aliphatic hydroxyl groups is 1. The summed E-state index contributed by atoms with van der Waals surface area (Å²) in [5, 5.41) is 21.3. The standard InChI is InChI=1S/C25H24Cl2F3N3O2/c1-3-32(4-2)13-15-7-17(8-15)33-21-10-14(12-31)9-19(25(28,29)30)22(21)24(35,23(33)34)18-6-5-16(26)11-20(18)27/h5-6,9-11,15,17,35H,3-4,7-8,13H2,1-2H3/t15-,17-,24?. The third-order valence-corrected chi connectivity index (χ3v) is 7.56. The van der Waals surface area contributed by atoms with Gasteiger partial charge in [0.1, 0.15) is 0 Å². The van der Waals surface area contributed by atoms with Gasteiger partial charge in [-0.3, -0.25) is 4.79 Å². The van der Waals surface area contributed by atoms with Crippen molar-refractivity contribution in [1.82, 2.24) is 4.90 Å². The number of halogens is 5. The summed E-state index contributed by atoms with van der Waals surface area (Å²) in [5.74, 6) is -0.645. The van der Waals surface area contributed by atoms with E-state index in [0.717, 1.165) is 19.6 Å². The molecule has 1 aliphatic carbocycles. The largest absolute Gasteiger partial charge is 0.416 e. The van der Waals surface area contributed by atoms with E-state index in [1.807, 2.05) is 0 Å². The molecule has 10 heteroatoms. The van der Waals surface area contributed by atoms with Gasteiger partial charge >= 0.3 is 6.18 Å². The lowest BCUT2D eigenvalue weighted by atomic mass is 9.78. The van der Waals surface area contributed by atoms with E-state index in [-0.39, 0.29) is 32.8 Å². The summed E-state index contributed by atoms with van der Waals surface area (Å²) in [6.45, 7) is 6.67. The number of amides is 1. The number of hydrogen-bond acceptors (Lipinski definition) is 4. The SMILES string of the molecule is CCN(CC)C[C@H]1C[C@H](N2C(=O)C(O)(c3ccc(Cl)cc3Cl)c3c2cc(C#N)cc3C(F)(F)F)C1. The fourth-order valence-corrected chi connectivity index (χ4v) is 5.72. The van der Waals surface area contributed by atoms with Crippen LogP contribution in [0.2, 0.25) is 10.0 Å². The highest BCUT2D eigenvalue weighted by Crippen LogP contribution is 2.54. The van der Waals surface area contributed by atoms with Crippen molar-refractivity contribution < 1.29 is 23.1 Å². The first-order chi connectivity index (χ1) is 16.4. The highest BCUT2D eigenvalue weighted by atomic mass is 35.5. The molecule has 5 nitrogen and oxygen atoms in total. The second-order valence-corrected chi connectivity index (χ2v) is 9.86. The van der Waals surface area contributed by atoms with Crippen LogP contribution in [0.25, 0.3) is 0 Å². The van der Waals surface area contributed by atoms with Crippen LogP contribution < -0.4 is 4.90 Å². The van der Waals surface area contributed by atoms with Crippen LogP contribution in [0.4, 0.5) is 18.9 Å². The fourth-order valence-electron chi connectivity index (χ4n) is 5.18. The average molecular weight is 526 g/mol. The lowest BCUT2D eigenvalue weighted by Crippen LogP contribution is -2.52. The zero-order chi connectivity index (χ0) is 25.7. The maximum atomic E-state index is 14.2. The molecule has 186 valence electrons. The molecule has 0 aromatic heterocycles. The summed E-state index contributed by atoms with van der Waals surface area (Å²) in [7, 11) is 0. The Morgan fingerprint density at radius 3 is 2.40 bits per heavy atom. The first kappa shape index (κ1) is 25.8. The molecule has 1 N–H and O–H groups in total. The number of rotatable bonds is 6. The van der Waals surface area contributed by atoms with Crippen LogP contribution in [-0.4, -0.2) is 41.6 Å². The van der Waals surface area contributed by atoms with Gasteiger partial charge in [-0.1, -0.05) is 43.1 Å². The van der Waals surface area contributed by atoms with Crippen molar-refractivity contribution >= 4 is 34.8 Å². The number of carbonyl (C=O) groups is 1. The van der Waals surface area contributed by atoms with Gasteiger partial charge in [-0.2, -0.15) is 18.4 Å². The molecule has 2 aliphatic rings. The summed E-state index contributed by atoms with van der Waals surface area (Å²) < 4.78 is 42.6. The van der Waals surface area contributed by atoms with E-state index >= 15 is 0 Å². The van der Waals surface area contributed by atoms with Gasteiger partial charge in [0.25, 0.3) is 5.91 Å². The molecule has 1 unspecified atom stereocenters. The third-order valence-electron chi connectivity index (χ3n) is 7.01. The van der Waals surface area contributed by atoms with Crippen LogP contribution >= 0.6 is 23.2 Å². The molecule has 0 bridgehead atoms. The van der Waals surface area contributed by atoms with Crippen molar-refractivity contribution in [1.29, 1.82) is 5.26 Å². The Bertz CT molecular complexity index is 1200. The van der Waals surface area contributed by atoms with Gasteiger partial charge in [0.15, 0.2) is 5.60 Å². The fraction of sp³-hybridized carbons (Fsp3) is 0.440. The monoisotopic (exact) mass is 525 g/mol. The smallest absolute Gasteiger partial charge is 0.372 e. The van der Waals surface area contributed by atoms with E-state index < -0.39 is 34.9 Å². The lowest BCUT2D eigenvalue weighted by molar-refractivity contribution is -0.142. The minimum Gasteiger partial charge on any atom is -0.372 e. The molecule has 2 aromatic carbocycles. The lowest BCUT2D eigenvalue weighted by Gasteiger charge is -2.43. The number of anilines is 1. The first-order valence-corrected chi connectivity index (χ1v) is 12.1. The Morgan fingerprint density at radius 2 is 1.86 bits per heavy atom. The van der Waals surface area contributed by atoms with E-state index in [4.69, 9.17) is 23.2 Å². The molecule has 35 heavy (non-hydrogen) atoms. The summed E-state index contributed by atoms with van der Waals surface area (Å²) in [6.07, 6.45) is -3.78. The number of carbonyl (C=O) groups excluding carboxylic acids is 1. The Morgan fingerprint density at radius 1 is 1.20 bits per heavy atom. The Hall–Kier alpha value is -2.31. The van der Waals surface area contributed by atoms with Crippen LogP contribution in [-0.2, 0) is 16.6 Å². The van der Waals surface area contributed by atoms with Crippen LogP contribution in [0.1, 0.15) is 48.9 Å². The van der Waals surface area contributed by atoms with E-state index in [2.05, 4.69) is 18.7 Å². The molecule has 0 spiro atoms. The maximum Gasteiger partial charge on any atom is 0.416 e. The number of benzene rings is 2. The predicted octanol–water partition coefficient (Wildman–Crippen LogP) is 5.59. The minimum absolute atomic E-state index is 0.110. The summed E-state index contributed by atoms with van der Waals surface area (Å²) in [6, 6.07) is 7.13. The van der Waals surface area contributed by atoms with Crippen molar-refractivity contribution in [2.75, 3.05) is 24.5 Å². The van der Waals surface area contributed by atoms with Gasteiger partial charge in [-0.15, -0.1) is 0 Å². The Labute approximate surface area is 211 Å². The van der Waals surface area contributed by atoms with Crippen LogP contribution in [0.5, 0.6) is 0 Å². The van der Waals surface area contributed by atoms with Gasteiger partial charge in [-0.25, -0.2) is 0 Å². The molecule has 1 heterocycles. The van der Waals surface area contributed by atoms with Gasteiger partial charge in [-0.05, 0) is 56.1 Å². The van der Waals surface area contributed by atoms with Crippen molar-refractivity contribution in [3.63, 3.8) is 0 Å². The molecule has 0 saturated heterocycles. The van der Waals surface area contributed by atoms with E-state index in [1.165, 1.54) is 29.2 Å². The maximum absolute atomic E-state index is 14.2. The van der Waals surface area contributed by atoms with Crippen molar-refractivity contribution in [2.45, 2.75) is 44.5 Å². The molecule has 1 fully saturated rings. The molecular formula is C25H24Cl2F3N3O2. The molecule has 1 saturated carbocycles. The van der Waals surface area contributed by atoms with Crippen molar-refractivity contribution in [3.05, 3.63) is 62.6 Å². The highest BCUT2D eigenvalue weighted by molar-refractivity contribution is 6.35. The summed E-state index contributed by atoms with van der Waals surface area (Å²) >= 11 is 12.2. The average Bonchev–Trinajstić information content (AvgIpc) is 2.99. The molecule has 2 aromatic rings. The van der Waals surface area contributed by atoms with Crippen molar-refractivity contribution in [3.8, 4) is 6.07 Å². The zero-order valence-electron chi connectivity index (χ0n) is 19.2. The molecule has 1 aliphatic heterocycles. The van der Waals surface area contributed by atoms with E-state index in [0.29, 0.717) is 18.9 Å². The minimum atomic E-state index is -4.93. The van der Waals surface area contributed by atoms with E-state index in [1.54, 1.807) is 6.07 Å². The molecule has 4 rings (SSSR count). The van der Waals surface area contributed by atoms with Gasteiger partial charge in [0.05, 0.1) is 22.9 Å². The number of nitriles is 1. The highest BCUT2D eigenvalue weighted by Gasteiger charge is 2.59. The first-order valence-electron chi connectivity index (χ1n) is 11.3. The summed E-state index contributed by atoms with van der Waals surface area (Å²) in [4.78, 5) is 17.3. The van der Waals surface area contributed by atoms with E-state index in [9.17, 15) is 28.3 Å². The molecule has 0 radical (unpaired) electrons. The Kier molecular flexibility index (Phi) is 6.84. The van der Waals surface area contributed by atoms with Gasteiger partial charge < -0.3 is 14.9 Å². The molecule has 1 atom stereocenters. The van der Waals surface area contributed by atoms with Crippen LogP contribution in [0, 0.1) is 17.2 Å². The topological polar surface area (TPSA) is 67.6 Å². The second-order valence-electron chi connectivity index (χ2n) is 9.01. The molecular weight excluding hydrogens is 502 g/mol. The summed E-state index contributed by atoms with van der Waals surface area (Å²) in [5.41, 5.74) is -5.08. The predicted molar refractivity (Wildman–Crippen MR) is 127 cm³/mol. The number of hydrogen-bond donors (Lipinski definition) is 1. The zero-order valence-corrected chi connectivity index (χ0v) is 20.7. The number of fused-ring (bicyclic) bond motifs is 1. The quantitative estimate of drug-likeness (QED) is 0.534. The van der Waals surface area contributed by atoms with Gasteiger partial charge in [0.2, 0.25) is 0 Å². The second kappa shape index (κ2) is 9.29. The van der Waals surface area contributed by atoms with Crippen LogP contribution in [0.3, 0.4) is 0 Å². The molecule has 1 amide bonds. The van der Waals surface area contributed by atoms with Crippen LogP contribution in [0.15, 0.2) is 30.3 Å². The third kappa shape index (κ3) is 4.29. The van der Waals surface area contributed by atoms with Gasteiger partial charge in [0, 0.05) is 33.8 Å². The number of alkyl halides is 3.